The number of benzene rings is 1. The number of tetrazole rings is 1. The van der Waals surface area contributed by atoms with Gasteiger partial charge < -0.3 is 4.90 Å². The second-order valence-electron chi connectivity index (χ2n) is 5.50. The molecule has 1 aliphatic heterocycles. The summed E-state index contributed by atoms with van der Waals surface area (Å²) < 4.78 is 1.69. The Morgan fingerprint density at radius 1 is 1.32 bits per heavy atom. The molecule has 1 saturated heterocycles. The fraction of sp³-hybridized carbons (Fsp3) is 0.467. The second kappa shape index (κ2) is 6.48. The van der Waals surface area contributed by atoms with Crippen LogP contribution in [0.1, 0.15) is 25.3 Å². The van der Waals surface area contributed by atoms with E-state index in [9.17, 15) is 4.79 Å². The van der Waals surface area contributed by atoms with E-state index in [1.807, 2.05) is 43.0 Å². The molecule has 0 aliphatic carbocycles. The molecule has 1 fully saturated rings. The van der Waals surface area contributed by atoms with Gasteiger partial charge in [-0.2, -0.15) is 4.68 Å². The predicted octanol–water partition coefficient (Wildman–Crippen LogP) is 2.07. The minimum absolute atomic E-state index is 0.168. The minimum atomic E-state index is -0.187. The van der Waals surface area contributed by atoms with Crippen LogP contribution < -0.4 is 0 Å². The first-order valence-corrected chi connectivity index (χ1v) is 8.34. The van der Waals surface area contributed by atoms with Crippen LogP contribution in [0.4, 0.5) is 0 Å². The van der Waals surface area contributed by atoms with Crippen LogP contribution in [0.5, 0.6) is 0 Å². The number of carbonyl (C=O) groups excluding carboxylic acids is 1. The SMILES string of the molecule is Cc1cccc(-n2nnnc2S[C@H](C)C(=O)N2CCCC2)c1. The molecule has 0 N–H and O–H groups in total. The van der Waals surface area contributed by atoms with Crippen molar-refractivity contribution in [1.82, 2.24) is 25.1 Å². The molecule has 0 radical (unpaired) electrons. The highest BCUT2D eigenvalue weighted by molar-refractivity contribution is 8.00. The standard InChI is InChI=1S/C15H19N5OS/c1-11-6-5-7-13(10-11)20-15(16-17-18-20)22-12(2)14(21)19-8-3-4-9-19/h5-7,10,12H,3-4,8-9H2,1-2H3/t12-/m1/s1. The molecule has 116 valence electrons. The highest BCUT2D eigenvalue weighted by Gasteiger charge is 2.25. The van der Waals surface area contributed by atoms with Crippen LogP contribution in [-0.4, -0.2) is 49.4 Å². The molecular weight excluding hydrogens is 298 g/mol. The Bertz CT molecular complexity index is 665. The number of carbonyl (C=O) groups is 1. The number of rotatable bonds is 4. The lowest BCUT2D eigenvalue weighted by atomic mass is 10.2. The van der Waals surface area contributed by atoms with Crippen molar-refractivity contribution in [3.63, 3.8) is 0 Å². The van der Waals surface area contributed by atoms with Gasteiger partial charge in [0.05, 0.1) is 10.9 Å². The molecule has 0 saturated carbocycles. The summed E-state index contributed by atoms with van der Waals surface area (Å²) in [5.41, 5.74) is 2.05. The summed E-state index contributed by atoms with van der Waals surface area (Å²) in [5.74, 6) is 0.168. The quantitative estimate of drug-likeness (QED) is 0.808. The van der Waals surface area contributed by atoms with Crippen LogP contribution in [0, 0.1) is 6.92 Å². The molecule has 2 aromatic rings. The van der Waals surface area contributed by atoms with E-state index < -0.39 is 0 Å². The van der Waals surface area contributed by atoms with Crippen LogP contribution in [0.25, 0.3) is 5.69 Å². The number of nitrogens with zero attached hydrogens (tertiary/aromatic N) is 5. The largest absolute Gasteiger partial charge is 0.342 e. The maximum atomic E-state index is 12.4. The monoisotopic (exact) mass is 317 g/mol. The van der Waals surface area contributed by atoms with E-state index in [1.165, 1.54) is 11.8 Å². The van der Waals surface area contributed by atoms with Crippen molar-refractivity contribution in [3.8, 4) is 5.69 Å². The minimum Gasteiger partial charge on any atom is -0.342 e. The van der Waals surface area contributed by atoms with Gasteiger partial charge in [0.15, 0.2) is 0 Å². The zero-order valence-electron chi connectivity index (χ0n) is 12.8. The predicted molar refractivity (Wildman–Crippen MR) is 85.0 cm³/mol. The summed E-state index contributed by atoms with van der Waals surface area (Å²) in [7, 11) is 0. The Morgan fingerprint density at radius 2 is 2.09 bits per heavy atom. The van der Waals surface area contributed by atoms with E-state index >= 15 is 0 Å². The second-order valence-corrected chi connectivity index (χ2v) is 6.81. The molecule has 2 heterocycles. The molecule has 0 unspecified atom stereocenters. The van der Waals surface area contributed by atoms with Gasteiger partial charge in [0, 0.05) is 13.1 Å². The van der Waals surface area contributed by atoms with E-state index in [0.717, 1.165) is 37.2 Å². The van der Waals surface area contributed by atoms with E-state index in [4.69, 9.17) is 0 Å². The van der Waals surface area contributed by atoms with E-state index in [2.05, 4.69) is 15.5 Å². The molecular formula is C15H19N5OS. The molecule has 0 spiro atoms. The molecule has 3 rings (SSSR count). The summed E-state index contributed by atoms with van der Waals surface area (Å²) in [6, 6.07) is 7.98. The number of thioether (sulfide) groups is 1. The number of aryl methyl sites for hydroxylation is 1. The number of aromatic nitrogens is 4. The van der Waals surface area contributed by atoms with E-state index in [0.29, 0.717) is 5.16 Å². The molecule has 1 amide bonds. The molecule has 1 aromatic heterocycles. The highest BCUT2D eigenvalue weighted by Crippen LogP contribution is 2.25. The topological polar surface area (TPSA) is 63.9 Å². The lowest BCUT2D eigenvalue weighted by Crippen LogP contribution is -2.34. The fourth-order valence-electron chi connectivity index (χ4n) is 2.58. The first kappa shape index (κ1) is 15.0. The molecule has 1 atom stereocenters. The molecule has 0 bridgehead atoms. The molecule has 6 nitrogen and oxygen atoms in total. The maximum Gasteiger partial charge on any atom is 0.235 e. The van der Waals surface area contributed by atoms with Crippen molar-refractivity contribution in [2.75, 3.05) is 13.1 Å². The number of likely N-dealkylation sites (tertiary alicyclic amines) is 1. The Kier molecular flexibility index (Phi) is 4.42. The Hall–Kier alpha value is -1.89. The van der Waals surface area contributed by atoms with Crippen molar-refractivity contribution in [3.05, 3.63) is 29.8 Å². The summed E-state index contributed by atoms with van der Waals surface area (Å²) in [6.07, 6.45) is 2.20. The van der Waals surface area contributed by atoms with Crippen molar-refractivity contribution < 1.29 is 4.79 Å². The Morgan fingerprint density at radius 3 is 2.82 bits per heavy atom. The smallest absolute Gasteiger partial charge is 0.235 e. The van der Waals surface area contributed by atoms with Gasteiger partial charge in [0.2, 0.25) is 11.1 Å². The van der Waals surface area contributed by atoms with Gasteiger partial charge in [-0.15, -0.1) is 5.10 Å². The van der Waals surface area contributed by atoms with Crippen LogP contribution in [0.3, 0.4) is 0 Å². The van der Waals surface area contributed by atoms with Gasteiger partial charge in [-0.3, -0.25) is 4.79 Å². The molecule has 1 aromatic carbocycles. The number of hydrogen-bond donors (Lipinski definition) is 0. The van der Waals surface area contributed by atoms with Crippen molar-refractivity contribution >= 4 is 17.7 Å². The zero-order chi connectivity index (χ0) is 15.5. The van der Waals surface area contributed by atoms with Crippen LogP contribution >= 0.6 is 11.8 Å². The lowest BCUT2D eigenvalue weighted by molar-refractivity contribution is -0.129. The molecule has 1 aliphatic rings. The summed E-state index contributed by atoms with van der Waals surface area (Å²) in [4.78, 5) is 14.3. The van der Waals surface area contributed by atoms with Crippen LogP contribution in [0.2, 0.25) is 0 Å². The van der Waals surface area contributed by atoms with Gasteiger partial charge in [0.25, 0.3) is 0 Å². The van der Waals surface area contributed by atoms with Crippen molar-refractivity contribution in [2.24, 2.45) is 0 Å². The zero-order valence-corrected chi connectivity index (χ0v) is 13.6. The van der Waals surface area contributed by atoms with Gasteiger partial charge in [-0.25, -0.2) is 0 Å². The van der Waals surface area contributed by atoms with Crippen molar-refractivity contribution in [2.45, 2.75) is 37.1 Å². The average Bonchev–Trinajstić information content (AvgIpc) is 3.18. The van der Waals surface area contributed by atoms with E-state index in [1.54, 1.807) is 4.68 Å². The normalized spacial score (nSPS) is 16.0. The average molecular weight is 317 g/mol. The third kappa shape index (κ3) is 3.14. The Labute approximate surface area is 133 Å². The first-order chi connectivity index (χ1) is 10.6. The highest BCUT2D eigenvalue weighted by atomic mass is 32.2. The fourth-order valence-corrected chi connectivity index (χ4v) is 3.47. The first-order valence-electron chi connectivity index (χ1n) is 7.46. The van der Waals surface area contributed by atoms with Crippen molar-refractivity contribution in [1.29, 1.82) is 0 Å². The van der Waals surface area contributed by atoms with Crippen LogP contribution in [-0.2, 0) is 4.79 Å². The van der Waals surface area contributed by atoms with Gasteiger partial charge in [-0.1, -0.05) is 23.9 Å². The third-order valence-corrected chi connectivity index (χ3v) is 4.76. The summed E-state index contributed by atoms with van der Waals surface area (Å²) in [5, 5.41) is 12.3. The molecule has 22 heavy (non-hydrogen) atoms. The van der Waals surface area contributed by atoms with E-state index in [-0.39, 0.29) is 11.2 Å². The number of hydrogen-bond acceptors (Lipinski definition) is 5. The summed E-state index contributed by atoms with van der Waals surface area (Å²) >= 11 is 1.41. The third-order valence-electron chi connectivity index (χ3n) is 3.73. The van der Waals surface area contributed by atoms with Gasteiger partial charge in [0.1, 0.15) is 0 Å². The summed E-state index contributed by atoms with van der Waals surface area (Å²) in [6.45, 7) is 5.68. The van der Waals surface area contributed by atoms with Gasteiger partial charge >= 0.3 is 0 Å². The van der Waals surface area contributed by atoms with Gasteiger partial charge in [-0.05, 0) is 54.8 Å². The van der Waals surface area contributed by atoms with Crippen LogP contribution in [0.15, 0.2) is 29.4 Å². The molecule has 7 heteroatoms. The lowest BCUT2D eigenvalue weighted by Gasteiger charge is -2.19. The maximum absolute atomic E-state index is 12.4. The Balaban J connectivity index is 1.76. The number of amides is 1.